The summed E-state index contributed by atoms with van der Waals surface area (Å²) in [6, 6.07) is 13.2. The smallest absolute Gasteiger partial charge is 0.338 e. The molecule has 0 radical (unpaired) electrons. The van der Waals surface area contributed by atoms with Crippen LogP contribution < -0.4 is 10.6 Å². The molecule has 146 valence electrons. The van der Waals surface area contributed by atoms with E-state index in [4.69, 9.17) is 4.74 Å². The molecular weight excluding hydrogens is 455 g/mol. The van der Waals surface area contributed by atoms with Crippen molar-refractivity contribution >= 4 is 35.9 Å². The minimum Gasteiger partial charge on any atom is -0.462 e. The molecule has 0 saturated heterocycles. The van der Waals surface area contributed by atoms with Crippen LogP contribution in [0.3, 0.4) is 0 Å². The molecule has 0 amide bonds. The van der Waals surface area contributed by atoms with Crippen molar-refractivity contribution < 1.29 is 9.53 Å². The van der Waals surface area contributed by atoms with E-state index in [2.05, 4.69) is 20.6 Å². The molecule has 0 bridgehead atoms. The summed E-state index contributed by atoms with van der Waals surface area (Å²) >= 11 is 0. The number of ether oxygens (including phenoxy) is 1. The third kappa shape index (κ3) is 8.38. The molecule has 0 spiro atoms. The summed E-state index contributed by atoms with van der Waals surface area (Å²) in [6.45, 7) is 6.28. The van der Waals surface area contributed by atoms with Crippen LogP contribution in [0.2, 0.25) is 0 Å². The number of hydrogen-bond acceptors (Lipinski definition) is 4. The van der Waals surface area contributed by atoms with Gasteiger partial charge in [-0.25, -0.2) is 9.79 Å². The molecule has 0 atom stereocenters. The zero-order valence-electron chi connectivity index (χ0n) is 15.8. The fourth-order valence-corrected chi connectivity index (χ4v) is 2.33. The molecule has 2 N–H and O–H groups in total. The first kappa shape index (κ1) is 22.9. The van der Waals surface area contributed by atoms with Crippen molar-refractivity contribution in [1.82, 2.24) is 15.6 Å². The van der Waals surface area contributed by atoms with Crippen LogP contribution >= 0.6 is 24.0 Å². The Bertz CT molecular complexity index is 706. The van der Waals surface area contributed by atoms with Gasteiger partial charge in [-0.05, 0) is 43.7 Å². The molecule has 0 saturated carbocycles. The van der Waals surface area contributed by atoms with Crippen molar-refractivity contribution in [3.05, 3.63) is 65.5 Å². The van der Waals surface area contributed by atoms with E-state index in [-0.39, 0.29) is 29.9 Å². The Morgan fingerprint density at radius 2 is 1.89 bits per heavy atom. The van der Waals surface area contributed by atoms with Gasteiger partial charge in [-0.2, -0.15) is 0 Å². The number of pyridine rings is 1. The number of benzene rings is 1. The molecule has 0 aliphatic carbocycles. The maximum absolute atomic E-state index is 11.7. The standard InChI is InChI=1S/C20H26N4O2.HI/c1-3-21-20(23-14-12-18-7-5-6-13-22-18)24-15-16-8-10-17(11-9-16)19(25)26-4-2;/h5-11,13H,3-4,12,14-15H2,1-2H3,(H2,21,23,24);1H. The van der Waals surface area contributed by atoms with Crippen molar-refractivity contribution in [2.45, 2.75) is 26.8 Å². The summed E-state index contributed by atoms with van der Waals surface area (Å²) in [5, 5.41) is 6.54. The van der Waals surface area contributed by atoms with Gasteiger partial charge in [0, 0.05) is 31.4 Å². The third-order valence-corrected chi connectivity index (χ3v) is 3.63. The molecule has 1 heterocycles. The molecule has 27 heavy (non-hydrogen) atoms. The van der Waals surface area contributed by atoms with Gasteiger partial charge in [-0.3, -0.25) is 4.98 Å². The summed E-state index contributed by atoms with van der Waals surface area (Å²) < 4.78 is 4.99. The predicted molar refractivity (Wildman–Crippen MR) is 119 cm³/mol. The monoisotopic (exact) mass is 482 g/mol. The van der Waals surface area contributed by atoms with Crippen LogP contribution in [0.15, 0.2) is 53.7 Å². The number of guanidine groups is 1. The fraction of sp³-hybridized carbons (Fsp3) is 0.350. The van der Waals surface area contributed by atoms with E-state index in [1.807, 2.05) is 37.3 Å². The van der Waals surface area contributed by atoms with Gasteiger partial charge in [0.05, 0.1) is 18.7 Å². The number of esters is 1. The lowest BCUT2D eigenvalue weighted by atomic mass is 10.1. The highest BCUT2D eigenvalue weighted by Gasteiger charge is 2.05. The number of aliphatic imine (C=N–C) groups is 1. The number of nitrogens with one attached hydrogen (secondary N) is 2. The highest BCUT2D eigenvalue weighted by molar-refractivity contribution is 14.0. The third-order valence-electron chi connectivity index (χ3n) is 3.63. The van der Waals surface area contributed by atoms with Crippen LogP contribution in [0.5, 0.6) is 0 Å². The number of rotatable bonds is 8. The number of aromatic nitrogens is 1. The Balaban J connectivity index is 0.00000364. The highest BCUT2D eigenvalue weighted by Crippen LogP contribution is 2.07. The van der Waals surface area contributed by atoms with E-state index in [0.717, 1.165) is 36.7 Å². The van der Waals surface area contributed by atoms with Gasteiger partial charge in [-0.15, -0.1) is 24.0 Å². The van der Waals surface area contributed by atoms with Gasteiger partial charge in [0.1, 0.15) is 0 Å². The first-order chi connectivity index (χ1) is 12.7. The summed E-state index contributed by atoms with van der Waals surface area (Å²) in [5.74, 6) is 0.463. The molecule has 0 fully saturated rings. The van der Waals surface area contributed by atoms with E-state index in [1.54, 1.807) is 25.3 Å². The lowest BCUT2D eigenvalue weighted by molar-refractivity contribution is 0.0526. The minimum absolute atomic E-state index is 0. The van der Waals surface area contributed by atoms with Gasteiger partial charge >= 0.3 is 5.97 Å². The van der Waals surface area contributed by atoms with Gasteiger partial charge in [0.15, 0.2) is 5.96 Å². The Morgan fingerprint density at radius 3 is 2.52 bits per heavy atom. The quantitative estimate of drug-likeness (QED) is 0.262. The topological polar surface area (TPSA) is 75.6 Å². The van der Waals surface area contributed by atoms with E-state index in [1.165, 1.54) is 0 Å². The summed E-state index contributed by atoms with van der Waals surface area (Å²) in [5.41, 5.74) is 2.63. The Morgan fingerprint density at radius 1 is 1.11 bits per heavy atom. The van der Waals surface area contributed by atoms with Crippen LogP contribution in [0, 0.1) is 0 Å². The van der Waals surface area contributed by atoms with Crippen molar-refractivity contribution in [3.63, 3.8) is 0 Å². The largest absolute Gasteiger partial charge is 0.462 e. The lowest BCUT2D eigenvalue weighted by Crippen LogP contribution is -2.38. The van der Waals surface area contributed by atoms with Crippen molar-refractivity contribution in [2.24, 2.45) is 4.99 Å². The molecular formula is C20H27IN4O2. The predicted octanol–water partition coefficient (Wildman–Crippen LogP) is 3.17. The second kappa shape index (κ2) is 13.1. The number of carbonyl (C=O) groups is 1. The zero-order valence-corrected chi connectivity index (χ0v) is 18.1. The van der Waals surface area contributed by atoms with Crippen LogP contribution in [-0.2, 0) is 17.7 Å². The molecule has 2 aromatic rings. The van der Waals surface area contributed by atoms with E-state index >= 15 is 0 Å². The number of hydrogen-bond donors (Lipinski definition) is 2. The van der Waals surface area contributed by atoms with E-state index in [0.29, 0.717) is 18.7 Å². The summed E-state index contributed by atoms with van der Waals surface area (Å²) in [7, 11) is 0. The van der Waals surface area contributed by atoms with Crippen LogP contribution in [0.1, 0.15) is 35.5 Å². The number of carbonyl (C=O) groups excluding carboxylic acids is 1. The summed E-state index contributed by atoms with van der Waals surface area (Å²) in [4.78, 5) is 20.6. The van der Waals surface area contributed by atoms with Crippen molar-refractivity contribution in [2.75, 3.05) is 19.7 Å². The average molecular weight is 482 g/mol. The van der Waals surface area contributed by atoms with Gasteiger partial charge < -0.3 is 15.4 Å². The molecule has 0 aliphatic heterocycles. The Kier molecular flexibility index (Phi) is 11.1. The van der Waals surface area contributed by atoms with Crippen molar-refractivity contribution in [1.29, 1.82) is 0 Å². The van der Waals surface area contributed by atoms with Gasteiger partial charge in [-0.1, -0.05) is 18.2 Å². The molecule has 1 aromatic heterocycles. The SMILES string of the molecule is CCNC(=NCc1ccc(C(=O)OCC)cc1)NCCc1ccccn1.I. The highest BCUT2D eigenvalue weighted by atomic mass is 127. The second-order valence-electron chi connectivity index (χ2n) is 5.61. The number of nitrogens with zero attached hydrogens (tertiary/aromatic N) is 2. The van der Waals surface area contributed by atoms with Crippen LogP contribution in [0.25, 0.3) is 0 Å². The normalized spacial score (nSPS) is 10.7. The Labute approximate surface area is 177 Å². The maximum atomic E-state index is 11.7. The van der Waals surface area contributed by atoms with E-state index < -0.39 is 0 Å². The second-order valence-corrected chi connectivity index (χ2v) is 5.61. The Hall–Kier alpha value is -2.16. The molecule has 1 aromatic carbocycles. The molecule has 6 nitrogen and oxygen atoms in total. The van der Waals surface area contributed by atoms with Crippen LogP contribution in [0.4, 0.5) is 0 Å². The minimum atomic E-state index is -0.299. The molecule has 0 unspecified atom stereocenters. The fourth-order valence-electron chi connectivity index (χ4n) is 2.33. The molecule has 7 heteroatoms. The van der Waals surface area contributed by atoms with Crippen molar-refractivity contribution in [3.8, 4) is 0 Å². The summed E-state index contributed by atoms with van der Waals surface area (Å²) in [6.07, 6.45) is 2.63. The first-order valence-electron chi connectivity index (χ1n) is 8.91. The average Bonchev–Trinajstić information content (AvgIpc) is 2.67. The number of halogens is 1. The van der Waals surface area contributed by atoms with Crippen LogP contribution in [-0.4, -0.2) is 36.6 Å². The van der Waals surface area contributed by atoms with E-state index in [9.17, 15) is 4.79 Å². The zero-order chi connectivity index (χ0) is 18.6. The lowest BCUT2D eigenvalue weighted by Gasteiger charge is -2.11. The maximum Gasteiger partial charge on any atom is 0.338 e. The molecule has 2 rings (SSSR count). The molecule has 0 aliphatic rings. The van der Waals surface area contributed by atoms with Gasteiger partial charge in [0.25, 0.3) is 0 Å². The first-order valence-corrected chi connectivity index (χ1v) is 8.91. The van der Waals surface area contributed by atoms with Gasteiger partial charge in [0.2, 0.25) is 0 Å².